The van der Waals surface area contributed by atoms with Gasteiger partial charge >= 0.3 is 5.97 Å². The van der Waals surface area contributed by atoms with Gasteiger partial charge in [-0.15, -0.1) is 0 Å². The highest BCUT2D eigenvalue weighted by Crippen LogP contribution is 2.20. The number of carbonyl (C=O) groups is 1. The lowest BCUT2D eigenvalue weighted by Gasteiger charge is -2.09. The Morgan fingerprint density at radius 3 is 2.70 bits per heavy atom. The molecule has 104 valence electrons. The third kappa shape index (κ3) is 2.77. The first-order chi connectivity index (χ1) is 9.51. The van der Waals surface area contributed by atoms with E-state index in [4.69, 9.17) is 9.84 Å². The minimum Gasteiger partial charge on any atom is -0.496 e. The van der Waals surface area contributed by atoms with Gasteiger partial charge in [0, 0.05) is 12.1 Å². The summed E-state index contributed by atoms with van der Waals surface area (Å²) in [6, 6.07) is 6.78. The Balaban J connectivity index is 2.39. The smallest absolute Gasteiger partial charge is 0.339 e. The summed E-state index contributed by atoms with van der Waals surface area (Å²) in [5.41, 5.74) is -0.0782. The van der Waals surface area contributed by atoms with Crippen molar-refractivity contribution in [3.8, 4) is 5.75 Å². The number of hydrogen-bond donors (Lipinski definition) is 2. The number of ether oxygens (including phenoxy) is 1. The number of benzene rings is 1. The summed E-state index contributed by atoms with van der Waals surface area (Å²) in [5, 5.41) is 11.4. The second-order valence-electron chi connectivity index (χ2n) is 4.07. The molecule has 0 fully saturated rings. The van der Waals surface area contributed by atoms with Gasteiger partial charge in [-0.1, -0.05) is 6.07 Å². The van der Waals surface area contributed by atoms with Gasteiger partial charge in [-0.2, -0.15) is 0 Å². The molecule has 0 bridgehead atoms. The molecular formula is C13H12N2O5. The van der Waals surface area contributed by atoms with E-state index in [1.807, 2.05) is 0 Å². The molecule has 0 aliphatic rings. The Morgan fingerprint density at radius 2 is 2.05 bits per heavy atom. The maximum absolute atomic E-state index is 11.6. The molecule has 0 aliphatic heterocycles. The Bertz CT molecular complexity index is 760. The highest BCUT2D eigenvalue weighted by Gasteiger charge is 2.11. The molecule has 0 amide bonds. The average Bonchev–Trinajstić information content (AvgIpc) is 2.42. The van der Waals surface area contributed by atoms with E-state index in [-0.39, 0.29) is 23.4 Å². The number of rotatable bonds is 4. The van der Waals surface area contributed by atoms with E-state index in [0.717, 1.165) is 10.7 Å². The molecule has 2 rings (SSSR count). The number of carboxylic acid groups (broad SMARTS) is 1. The third-order valence-electron chi connectivity index (χ3n) is 2.73. The highest BCUT2D eigenvalue weighted by atomic mass is 16.5. The summed E-state index contributed by atoms with van der Waals surface area (Å²) in [6.45, 7) is 0.116. The predicted octanol–water partition coefficient (Wildman–Crippen LogP) is 0.292. The van der Waals surface area contributed by atoms with Crippen molar-refractivity contribution in [3.63, 3.8) is 0 Å². The zero-order valence-corrected chi connectivity index (χ0v) is 10.6. The van der Waals surface area contributed by atoms with Gasteiger partial charge in [-0.25, -0.2) is 9.48 Å². The van der Waals surface area contributed by atoms with E-state index in [1.165, 1.54) is 25.3 Å². The van der Waals surface area contributed by atoms with Crippen molar-refractivity contribution in [2.75, 3.05) is 7.11 Å². The van der Waals surface area contributed by atoms with Crippen molar-refractivity contribution in [3.05, 3.63) is 62.2 Å². The van der Waals surface area contributed by atoms with Crippen molar-refractivity contribution >= 4 is 5.97 Å². The van der Waals surface area contributed by atoms with Crippen LogP contribution in [0.3, 0.4) is 0 Å². The van der Waals surface area contributed by atoms with Gasteiger partial charge in [0.25, 0.3) is 11.1 Å². The monoisotopic (exact) mass is 276 g/mol. The zero-order chi connectivity index (χ0) is 14.7. The fraction of sp³-hybridized carbons (Fsp3) is 0.154. The number of H-pyrrole nitrogens is 1. The van der Waals surface area contributed by atoms with E-state index in [1.54, 1.807) is 6.07 Å². The van der Waals surface area contributed by atoms with Gasteiger partial charge in [-0.3, -0.25) is 14.7 Å². The van der Waals surface area contributed by atoms with Crippen LogP contribution in [0.2, 0.25) is 0 Å². The lowest BCUT2D eigenvalue weighted by Crippen LogP contribution is -2.28. The van der Waals surface area contributed by atoms with Gasteiger partial charge < -0.3 is 9.84 Å². The Labute approximate surface area is 113 Å². The Morgan fingerprint density at radius 1 is 1.30 bits per heavy atom. The van der Waals surface area contributed by atoms with Gasteiger partial charge in [0.05, 0.1) is 13.7 Å². The summed E-state index contributed by atoms with van der Waals surface area (Å²) < 4.78 is 6.14. The lowest BCUT2D eigenvalue weighted by atomic mass is 10.1. The topological polar surface area (TPSA) is 101 Å². The minimum absolute atomic E-state index is 0.0325. The number of methoxy groups -OCH3 is 1. The van der Waals surface area contributed by atoms with Crippen LogP contribution in [0.4, 0.5) is 0 Å². The first kappa shape index (κ1) is 13.6. The Kier molecular flexibility index (Phi) is 3.69. The van der Waals surface area contributed by atoms with Crippen LogP contribution >= 0.6 is 0 Å². The average molecular weight is 276 g/mol. The molecule has 1 aromatic carbocycles. The summed E-state index contributed by atoms with van der Waals surface area (Å²) in [6.07, 6.45) is 0. The number of carboxylic acids is 1. The third-order valence-corrected chi connectivity index (χ3v) is 2.73. The largest absolute Gasteiger partial charge is 0.496 e. The second kappa shape index (κ2) is 5.43. The summed E-state index contributed by atoms with van der Waals surface area (Å²) in [4.78, 5) is 33.7. The molecular weight excluding hydrogens is 264 g/mol. The van der Waals surface area contributed by atoms with Crippen LogP contribution in [0.1, 0.15) is 15.9 Å². The molecule has 1 aromatic heterocycles. The van der Waals surface area contributed by atoms with Crippen molar-refractivity contribution in [2.24, 2.45) is 0 Å². The Hall–Kier alpha value is -2.83. The molecule has 0 unspecified atom stereocenters. The summed E-state index contributed by atoms with van der Waals surface area (Å²) in [5.74, 6) is -0.903. The van der Waals surface area contributed by atoms with Gasteiger partial charge in [0.2, 0.25) is 0 Å². The minimum atomic E-state index is -1.10. The molecule has 0 saturated carbocycles. The van der Waals surface area contributed by atoms with Crippen molar-refractivity contribution in [1.82, 2.24) is 9.78 Å². The second-order valence-corrected chi connectivity index (χ2v) is 4.07. The molecule has 1 heterocycles. The number of nitrogens with zero attached hydrogens (tertiary/aromatic N) is 1. The normalized spacial score (nSPS) is 10.2. The standard InChI is InChI=1S/C13H12N2O5/c1-20-10-6-8(2-3-9(10)13(18)19)7-15-12(17)5-4-11(16)14-15/h2-6H,7H2,1H3,(H,14,16)(H,18,19). The molecule has 0 saturated heterocycles. The van der Waals surface area contributed by atoms with Crippen LogP contribution < -0.4 is 15.9 Å². The number of nitrogens with one attached hydrogen (secondary N) is 1. The molecule has 2 aromatic rings. The van der Waals surface area contributed by atoms with E-state index in [0.29, 0.717) is 5.56 Å². The molecule has 7 nitrogen and oxygen atoms in total. The number of hydrogen-bond acceptors (Lipinski definition) is 4. The van der Waals surface area contributed by atoms with E-state index in [9.17, 15) is 14.4 Å². The summed E-state index contributed by atoms with van der Waals surface area (Å²) in [7, 11) is 1.36. The number of aromatic nitrogens is 2. The zero-order valence-electron chi connectivity index (χ0n) is 10.6. The van der Waals surface area contributed by atoms with Gasteiger partial charge in [-0.05, 0) is 17.7 Å². The molecule has 0 radical (unpaired) electrons. The highest BCUT2D eigenvalue weighted by molar-refractivity contribution is 5.90. The van der Waals surface area contributed by atoms with E-state index in [2.05, 4.69) is 5.10 Å². The molecule has 0 atom stereocenters. The van der Waals surface area contributed by atoms with Crippen LogP contribution in [0.5, 0.6) is 5.75 Å². The fourth-order valence-electron chi connectivity index (χ4n) is 1.77. The lowest BCUT2D eigenvalue weighted by molar-refractivity contribution is 0.0693. The quantitative estimate of drug-likeness (QED) is 0.835. The SMILES string of the molecule is COc1cc(Cn2[nH]c(=O)ccc2=O)ccc1C(=O)O. The number of aromatic amines is 1. The fourth-order valence-corrected chi connectivity index (χ4v) is 1.77. The van der Waals surface area contributed by atoms with Crippen molar-refractivity contribution < 1.29 is 14.6 Å². The number of aromatic carboxylic acids is 1. The van der Waals surface area contributed by atoms with Crippen LogP contribution in [0.25, 0.3) is 0 Å². The maximum atomic E-state index is 11.6. The van der Waals surface area contributed by atoms with Crippen molar-refractivity contribution in [2.45, 2.75) is 6.54 Å². The molecule has 20 heavy (non-hydrogen) atoms. The van der Waals surface area contributed by atoms with E-state index >= 15 is 0 Å². The summed E-state index contributed by atoms with van der Waals surface area (Å²) >= 11 is 0. The predicted molar refractivity (Wildman–Crippen MR) is 70.4 cm³/mol. The van der Waals surface area contributed by atoms with Crippen LogP contribution in [0.15, 0.2) is 39.9 Å². The van der Waals surface area contributed by atoms with Gasteiger partial charge in [0.15, 0.2) is 0 Å². The van der Waals surface area contributed by atoms with Crippen LogP contribution in [0, 0.1) is 0 Å². The van der Waals surface area contributed by atoms with Crippen LogP contribution in [-0.4, -0.2) is 28.0 Å². The molecule has 0 aliphatic carbocycles. The molecule has 0 spiro atoms. The first-order valence-electron chi connectivity index (χ1n) is 5.71. The van der Waals surface area contributed by atoms with Gasteiger partial charge in [0.1, 0.15) is 11.3 Å². The maximum Gasteiger partial charge on any atom is 0.339 e. The molecule has 7 heteroatoms. The first-order valence-corrected chi connectivity index (χ1v) is 5.71. The van der Waals surface area contributed by atoms with Crippen molar-refractivity contribution in [1.29, 1.82) is 0 Å². The van der Waals surface area contributed by atoms with Crippen LogP contribution in [-0.2, 0) is 6.54 Å². The molecule has 2 N–H and O–H groups in total. The van der Waals surface area contributed by atoms with E-state index < -0.39 is 11.5 Å².